The molecular formula is C22H20ClN3O4. The maximum atomic E-state index is 13.3. The van der Waals surface area contributed by atoms with E-state index in [9.17, 15) is 4.79 Å². The van der Waals surface area contributed by atoms with Gasteiger partial charge in [-0.25, -0.2) is 0 Å². The third-order valence-corrected chi connectivity index (χ3v) is 5.26. The maximum Gasteiger partial charge on any atom is 0.262 e. The average molecular weight is 426 g/mol. The monoisotopic (exact) mass is 425 g/mol. The summed E-state index contributed by atoms with van der Waals surface area (Å²) in [6.45, 7) is 1.84. The normalized spacial score (nSPS) is 11.2. The second-order valence-corrected chi connectivity index (χ2v) is 7.29. The lowest BCUT2D eigenvalue weighted by molar-refractivity contribution is 0.0963. The van der Waals surface area contributed by atoms with Crippen molar-refractivity contribution in [2.24, 2.45) is 0 Å². The minimum absolute atomic E-state index is 0.0515. The van der Waals surface area contributed by atoms with Crippen LogP contribution in [0.15, 0.2) is 47.0 Å². The number of hydrogen-bond donors (Lipinski definition) is 1. The molecular weight excluding hydrogens is 406 g/mol. The summed E-state index contributed by atoms with van der Waals surface area (Å²) in [4.78, 5) is 17.6. The molecule has 0 aliphatic carbocycles. The van der Waals surface area contributed by atoms with Crippen LogP contribution in [0.25, 0.3) is 10.9 Å². The molecule has 0 saturated carbocycles. The second-order valence-electron chi connectivity index (χ2n) is 6.85. The van der Waals surface area contributed by atoms with Crippen molar-refractivity contribution in [2.45, 2.75) is 19.8 Å². The largest absolute Gasteiger partial charge is 0.497 e. The summed E-state index contributed by atoms with van der Waals surface area (Å²) in [5.74, 6) is 1.40. The molecule has 154 valence electrons. The molecule has 0 atom stereocenters. The Balaban J connectivity index is 1.83. The molecule has 0 fully saturated rings. The second kappa shape index (κ2) is 8.30. The van der Waals surface area contributed by atoms with Crippen LogP contribution in [-0.4, -0.2) is 39.4 Å². The maximum absolute atomic E-state index is 13.3. The Bertz CT molecular complexity index is 1210. The van der Waals surface area contributed by atoms with Gasteiger partial charge in [0.2, 0.25) is 5.89 Å². The lowest BCUT2D eigenvalue weighted by Crippen LogP contribution is -2.13. The van der Waals surface area contributed by atoms with Gasteiger partial charge in [-0.2, -0.15) is 4.98 Å². The number of fused-ring (bicyclic) bond motifs is 1. The fourth-order valence-corrected chi connectivity index (χ4v) is 3.64. The molecule has 0 bridgehead atoms. The first-order valence-corrected chi connectivity index (χ1v) is 9.80. The van der Waals surface area contributed by atoms with Gasteiger partial charge in [-0.05, 0) is 55.0 Å². The van der Waals surface area contributed by atoms with Crippen molar-refractivity contribution < 1.29 is 19.2 Å². The molecule has 4 aromatic rings. The van der Waals surface area contributed by atoms with Crippen LogP contribution in [0, 0.1) is 6.92 Å². The topological polar surface area (TPSA) is 90.4 Å². The Hall–Kier alpha value is -3.16. The summed E-state index contributed by atoms with van der Waals surface area (Å²) in [6.07, 6.45) is 0.682. The van der Waals surface area contributed by atoms with Gasteiger partial charge in [0.25, 0.3) is 5.91 Å². The number of rotatable bonds is 6. The summed E-state index contributed by atoms with van der Waals surface area (Å²) >= 11 is 5.97. The van der Waals surface area contributed by atoms with Crippen LogP contribution in [0.1, 0.15) is 33.3 Å². The van der Waals surface area contributed by atoms with Gasteiger partial charge in [0, 0.05) is 28.1 Å². The Kier molecular flexibility index (Phi) is 5.57. The molecule has 7 nitrogen and oxygen atoms in total. The smallest absolute Gasteiger partial charge is 0.262 e. The van der Waals surface area contributed by atoms with Crippen LogP contribution >= 0.6 is 11.6 Å². The molecule has 4 rings (SSSR count). The van der Waals surface area contributed by atoms with Crippen LogP contribution in [0.2, 0.25) is 5.02 Å². The van der Waals surface area contributed by atoms with Gasteiger partial charge in [0.1, 0.15) is 5.75 Å². The molecule has 1 N–H and O–H groups in total. The number of aliphatic hydroxyl groups excluding tert-OH is 1. The van der Waals surface area contributed by atoms with E-state index in [2.05, 4.69) is 10.1 Å². The third kappa shape index (κ3) is 3.69. The fourth-order valence-electron chi connectivity index (χ4n) is 3.51. The molecule has 30 heavy (non-hydrogen) atoms. The summed E-state index contributed by atoms with van der Waals surface area (Å²) in [5, 5.41) is 14.4. The van der Waals surface area contributed by atoms with Crippen LogP contribution in [0.5, 0.6) is 5.75 Å². The molecule has 0 aliphatic heterocycles. The SMILES string of the molecule is COc1ccc2c(c1)c(Cc1nc(CCO)no1)c(C)n2C(=O)c1ccc(Cl)cc1. The summed E-state index contributed by atoms with van der Waals surface area (Å²) in [6, 6.07) is 12.4. The van der Waals surface area contributed by atoms with Crippen LogP contribution in [-0.2, 0) is 12.8 Å². The number of ether oxygens (including phenoxy) is 1. The van der Waals surface area contributed by atoms with E-state index >= 15 is 0 Å². The molecule has 0 unspecified atom stereocenters. The number of aromatic nitrogens is 3. The van der Waals surface area contributed by atoms with Gasteiger partial charge in [-0.1, -0.05) is 16.8 Å². The highest BCUT2D eigenvalue weighted by Crippen LogP contribution is 2.31. The van der Waals surface area contributed by atoms with Gasteiger partial charge >= 0.3 is 0 Å². The Morgan fingerprint density at radius 3 is 2.70 bits per heavy atom. The summed E-state index contributed by atoms with van der Waals surface area (Å²) in [7, 11) is 1.60. The van der Waals surface area contributed by atoms with Crippen LogP contribution in [0.4, 0.5) is 0 Å². The van der Waals surface area contributed by atoms with Gasteiger partial charge in [0.15, 0.2) is 5.82 Å². The van der Waals surface area contributed by atoms with E-state index in [1.165, 1.54) is 0 Å². The molecule has 2 aromatic heterocycles. The quantitative estimate of drug-likeness (QED) is 0.505. The third-order valence-electron chi connectivity index (χ3n) is 5.01. The number of halogens is 1. The number of nitrogens with zero attached hydrogens (tertiary/aromatic N) is 3. The first-order chi connectivity index (χ1) is 14.5. The fraction of sp³-hybridized carbons (Fsp3) is 0.227. The van der Waals surface area contributed by atoms with Crippen LogP contribution < -0.4 is 4.74 Å². The van der Waals surface area contributed by atoms with E-state index < -0.39 is 0 Å². The number of aliphatic hydroxyl groups is 1. The molecule has 0 aliphatic rings. The predicted octanol–water partition coefficient (Wildman–Crippen LogP) is 3.81. The van der Waals surface area contributed by atoms with Gasteiger partial charge < -0.3 is 14.4 Å². The number of carbonyl (C=O) groups excluding carboxylic acids is 1. The zero-order valence-corrected chi connectivity index (χ0v) is 17.3. The zero-order valence-electron chi connectivity index (χ0n) is 16.6. The molecule has 2 aromatic carbocycles. The van der Waals surface area contributed by atoms with Crippen molar-refractivity contribution in [3.8, 4) is 5.75 Å². The van der Waals surface area contributed by atoms with Gasteiger partial charge in [-0.3, -0.25) is 9.36 Å². The predicted molar refractivity (Wildman–Crippen MR) is 112 cm³/mol. The molecule has 2 heterocycles. The van der Waals surface area contributed by atoms with E-state index in [1.807, 2.05) is 25.1 Å². The van der Waals surface area contributed by atoms with E-state index in [-0.39, 0.29) is 12.5 Å². The van der Waals surface area contributed by atoms with Crippen molar-refractivity contribution in [1.29, 1.82) is 0 Å². The molecule has 0 amide bonds. The van der Waals surface area contributed by atoms with Crippen molar-refractivity contribution in [1.82, 2.24) is 14.7 Å². The van der Waals surface area contributed by atoms with Gasteiger partial charge in [-0.15, -0.1) is 0 Å². The van der Waals surface area contributed by atoms with Crippen molar-refractivity contribution >= 4 is 28.4 Å². The molecule has 8 heteroatoms. The highest BCUT2D eigenvalue weighted by molar-refractivity contribution is 6.30. The molecule has 0 radical (unpaired) electrons. The number of methoxy groups -OCH3 is 1. The number of benzene rings is 2. The Morgan fingerprint density at radius 2 is 2.00 bits per heavy atom. The number of hydrogen-bond acceptors (Lipinski definition) is 6. The van der Waals surface area contributed by atoms with Crippen molar-refractivity contribution in [3.63, 3.8) is 0 Å². The Morgan fingerprint density at radius 1 is 1.23 bits per heavy atom. The van der Waals surface area contributed by atoms with Crippen LogP contribution in [0.3, 0.4) is 0 Å². The standard InChI is InChI=1S/C22H20ClN3O4/c1-13-17(12-21-24-20(9-10-27)25-30-21)18-11-16(29-2)7-8-19(18)26(13)22(28)14-3-5-15(23)6-4-14/h3-8,11,27H,9-10,12H2,1-2H3. The van der Waals surface area contributed by atoms with Gasteiger partial charge in [0.05, 0.1) is 25.7 Å². The van der Waals surface area contributed by atoms with E-state index in [1.54, 1.807) is 35.9 Å². The van der Waals surface area contributed by atoms with E-state index in [4.69, 9.17) is 26.0 Å². The number of carbonyl (C=O) groups is 1. The van der Waals surface area contributed by atoms with Crippen molar-refractivity contribution in [2.75, 3.05) is 13.7 Å². The first-order valence-electron chi connectivity index (χ1n) is 9.42. The van der Waals surface area contributed by atoms with E-state index in [0.717, 1.165) is 22.2 Å². The van der Waals surface area contributed by atoms with E-state index in [0.29, 0.717) is 40.9 Å². The Labute approximate surface area is 177 Å². The minimum Gasteiger partial charge on any atom is -0.497 e. The summed E-state index contributed by atoms with van der Waals surface area (Å²) in [5.41, 5.74) is 2.97. The van der Waals surface area contributed by atoms with Crippen molar-refractivity contribution in [3.05, 3.63) is 76.0 Å². The highest BCUT2D eigenvalue weighted by atomic mass is 35.5. The average Bonchev–Trinajstić information content (AvgIpc) is 3.30. The lowest BCUT2D eigenvalue weighted by Gasteiger charge is -2.08. The molecule has 0 spiro atoms. The molecule has 0 saturated heterocycles. The summed E-state index contributed by atoms with van der Waals surface area (Å²) < 4.78 is 12.4. The zero-order chi connectivity index (χ0) is 21.3. The minimum atomic E-state index is -0.155. The highest BCUT2D eigenvalue weighted by Gasteiger charge is 2.22. The first kappa shape index (κ1) is 20.1. The lowest BCUT2D eigenvalue weighted by atomic mass is 10.1.